The molecule has 0 bridgehead atoms. The fourth-order valence-corrected chi connectivity index (χ4v) is 4.09. The second kappa shape index (κ2) is 5.13. The largest absolute Gasteiger partial charge is 0.285 e. The third kappa shape index (κ3) is 2.41. The van der Waals surface area contributed by atoms with Gasteiger partial charge >= 0.3 is 0 Å². The highest BCUT2D eigenvalue weighted by atomic mass is 32.2. The Labute approximate surface area is 124 Å². The predicted molar refractivity (Wildman–Crippen MR) is 83.5 cm³/mol. The van der Waals surface area contributed by atoms with E-state index >= 15 is 0 Å². The Hall–Kier alpha value is -1.91. The molecule has 2 aromatic carbocycles. The highest BCUT2D eigenvalue weighted by Crippen LogP contribution is 2.42. The fourth-order valence-electron chi connectivity index (χ4n) is 2.97. The summed E-state index contributed by atoms with van der Waals surface area (Å²) >= 11 is 0. The summed E-state index contributed by atoms with van der Waals surface area (Å²) in [7, 11) is -4.25. The molecule has 21 heavy (non-hydrogen) atoms. The van der Waals surface area contributed by atoms with Crippen molar-refractivity contribution in [2.75, 3.05) is 0 Å². The van der Waals surface area contributed by atoms with Crippen molar-refractivity contribution in [3.63, 3.8) is 0 Å². The van der Waals surface area contributed by atoms with Crippen LogP contribution in [0.5, 0.6) is 0 Å². The first-order chi connectivity index (χ1) is 10.0. The van der Waals surface area contributed by atoms with Crippen LogP contribution in [0.2, 0.25) is 0 Å². The molecule has 0 saturated carbocycles. The van der Waals surface area contributed by atoms with Gasteiger partial charge in [-0.3, -0.25) is 4.55 Å². The maximum atomic E-state index is 12.2. The number of hydrogen-bond donors (Lipinski definition) is 1. The Morgan fingerprint density at radius 3 is 2.38 bits per heavy atom. The zero-order chi connectivity index (χ0) is 14.9. The predicted octanol–water partition coefficient (Wildman–Crippen LogP) is 3.43. The smallest absolute Gasteiger partial charge is 0.275 e. The van der Waals surface area contributed by atoms with Crippen LogP contribution >= 0.6 is 0 Å². The first-order valence-electron chi connectivity index (χ1n) is 6.80. The zero-order valence-corrected chi connectivity index (χ0v) is 12.3. The van der Waals surface area contributed by atoms with Crippen molar-refractivity contribution in [3.8, 4) is 0 Å². The summed E-state index contributed by atoms with van der Waals surface area (Å²) in [5.74, 6) is 0. The van der Waals surface area contributed by atoms with Crippen LogP contribution in [-0.4, -0.2) is 13.0 Å². The van der Waals surface area contributed by atoms with Gasteiger partial charge in [-0.25, -0.2) is 0 Å². The number of benzene rings is 2. The van der Waals surface area contributed by atoms with Crippen LogP contribution in [0.4, 0.5) is 0 Å². The lowest BCUT2D eigenvalue weighted by atomic mass is 9.82. The van der Waals surface area contributed by atoms with Gasteiger partial charge in [0.1, 0.15) is 4.75 Å². The minimum absolute atomic E-state index is 0.258. The van der Waals surface area contributed by atoms with Gasteiger partial charge in [0.2, 0.25) is 0 Å². The lowest BCUT2D eigenvalue weighted by molar-refractivity contribution is 0.421. The van der Waals surface area contributed by atoms with E-state index in [1.165, 1.54) is 0 Å². The second-order valence-electron chi connectivity index (χ2n) is 5.33. The van der Waals surface area contributed by atoms with Gasteiger partial charge in [-0.1, -0.05) is 66.7 Å². The van der Waals surface area contributed by atoms with Crippen molar-refractivity contribution in [2.45, 2.75) is 17.6 Å². The van der Waals surface area contributed by atoms with Gasteiger partial charge in [0.15, 0.2) is 0 Å². The first kappa shape index (κ1) is 14.0. The molecule has 0 saturated heterocycles. The first-order valence-corrected chi connectivity index (χ1v) is 8.24. The van der Waals surface area contributed by atoms with E-state index in [2.05, 4.69) is 0 Å². The summed E-state index contributed by atoms with van der Waals surface area (Å²) in [5, 5.41) is 0. The standard InChI is InChI=1S/C17H16O3S/c18-21(19,20)17(13-14-7-2-1-3-8-14)12-6-10-15-9-4-5-11-16(15)17/h1-11H,12-13H2,(H,18,19,20). The fraction of sp³-hybridized carbons (Fsp3) is 0.176. The van der Waals surface area contributed by atoms with Crippen LogP contribution in [0.3, 0.4) is 0 Å². The monoisotopic (exact) mass is 300 g/mol. The topological polar surface area (TPSA) is 54.4 Å². The Morgan fingerprint density at radius 2 is 1.67 bits per heavy atom. The number of allylic oxidation sites excluding steroid dienone is 1. The van der Waals surface area contributed by atoms with Crippen LogP contribution in [0.25, 0.3) is 6.08 Å². The van der Waals surface area contributed by atoms with Gasteiger partial charge in [-0.05, 0) is 29.5 Å². The summed E-state index contributed by atoms with van der Waals surface area (Å²) in [6, 6.07) is 16.7. The van der Waals surface area contributed by atoms with Gasteiger partial charge in [0, 0.05) is 0 Å². The molecule has 108 valence electrons. The van der Waals surface area contributed by atoms with E-state index in [0.29, 0.717) is 5.56 Å². The van der Waals surface area contributed by atoms with Gasteiger partial charge in [0.05, 0.1) is 0 Å². The zero-order valence-electron chi connectivity index (χ0n) is 11.4. The van der Waals surface area contributed by atoms with Crippen molar-refractivity contribution in [1.82, 2.24) is 0 Å². The Bertz CT molecular complexity index is 779. The molecular formula is C17H16O3S. The maximum Gasteiger partial charge on any atom is 0.275 e. The Morgan fingerprint density at radius 1 is 1.00 bits per heavy atom. The molecule has 0 spiro atoms. The lowest BCUT2D eigenvalue weighted by Gasteiger charge is -2.34. The van der Waals surface area contributed by atoms with Crippen molar-refractivity contribution in [2.24, 2.45) is 0 Å². The van der Waals surface area contributed by atoms with E-state index in [4.69, 9.17) is 0 Å². The molecule has 4 heteroatoms. The van der Waals surface area contributed by atoms with E-state index in [1.54, 1.807) is 6.07 Å². The van der Waals surface area contributed by atoms with E-state index in [0.717, 1.165) is 11.1 Å². The molecule has 1 aliphatic rings. The molecule has 0 heterocycles. The molecule has 0 fully saturated rings. The maximum absolute atomic E-state index is 12.2. The highest BCUT2D eigenvalue weighted by molar-refractivity contribution is 7.86. The SMILES string of the molecule is O=S(=O)(O)C1(Cc2ccccc2)CC=Cc2ccccc21. The molecule has 0 amide bonds. The second-order valence-corrected chi connectivity index (χ2v) is 7.06. The molecule has 1 atom stereocenters. The van der Waals surface area contributed by atoms with Crippen LogP contribution in [0.1, 0.15) is 23.1 Å². The summed E-state index contributed by atoms with van der Waals surface area (Å²) < 4.78 is 33.0. The summed E-state index contributed by atoms with van der Waals surface area (Å²) in [4.78, 5) is 0. The molecular weight excluding hydrogens is 284 g/mol. The van der Waals surface area contributed by atoms with Gasteiger partial charge in [-0.2, -0.15) is 8.42 Å². The van der Waals surface area contributed by atoms with Gasteiger partial charge in [0.25, 0.3) is 10.1 Å². The van der Waals surface area contributed by atoms with Crippen molar-refractivity contribution in [1.29, 1.82) is 0 Å². The third-order valence-corrected chi connectivity index (χ3v) is 5.54. The minimum Gasteiger partial charge on any atom is -0.285 e. The summed E-state index contributed by atoms with van der Waals surface area (Å²) in [6.45, 7) is 0. The van der Waals surface area contributed by atoms with E-state index < -0.39 is 14.9 Å². The molecule has 1 unspecified atom stereocenters. The van der Waals surface area contributed by atoms with E-state index in [-0.39, 0.29) is 12.8 Å². The third-order valence-electron chi connectivity index (χ3n) is 4.02. The quantitative estimate of drug-likeness (QED) is 0.884. The molecule has 0 radical (unpaired) electrons. The molecule has 3 nitrogen and oxygen atoms in total. The van der Waals surface area contributed by atoms with Crippen molar-refractivity contribution < 1.29 is 13.0 Å². The molecule has 2 aromatic rings. The minimum atomic E-state index is -4.25. The van der Waals surface area contributed by atoms with E-state index in [1.807, 2.05) is 60.7 Å². The Balaban J connectivity index is 2.19. The van der Waals surface area contributed by atoms with Crippen LogP contribution in [0, 0.1) is 0 Å². The van der Waals surface area contributed by atoms with Crippen molar-refractivity contribution in [3.05, 3.63) is 77.4 Å². The van der Waals surface area contributed by atoms with Crippen LogP contribution in [-0.2, 0) is 21.3 Å². The normalized spacial score (nSPS) is 21.0. The van der Waals surface area contributed by atoms with Crippen molar-refractivity contribution >= 4 is 16.2 Å². The lowest BCUT2D eigenvalue weighted by Crippen LogP contribution is -2.39. The summed E-state index contributed by atoms with van der Waals surface area (Å²) in [6.07, 6.45) is 4.26. The molecule has 1 aliphatic carbocycles. The molecule has 0 aromatic heterocycles. The molecule has 3 rings (SSSR count). The molecule has 0 aliphatic heterocycles. The number of fused-ring (bicyclic) bond motifs is 1. The molecule has 1 N–H and O–H groups in total. The number of rotatable bonds is 3. The Kier molecular flexibility index (Phi) is 3.43. The van der Waals surface area contributed by atoms with Gasteiger partial charge < -0.3 is 0 Å². The highest BCUT2D eigenvalue weighted by Gasteiger charge is 2.46. The van der Waals surface area contributed by atoms with E-state index in [9.17, 15) is 13.0 Å². The van der Waals surface area contributed by atoms with Crippen LogP contribution in [0.15, 0.2) is 60.7 Å². The summed E-state index contributed by atoms with van der Waals surface area (Å²) in [5.41, 5.74) is 2.40. The van der Waals surface area contributed by atoms with Crippen LogP contribution < -0.4 is 0 Å². The average Bonchev–Trinajstić information content (AvgIpc) is 2.47. The number of hydrogen-bond acceptors (Lipinski definition) is 2. The average molecular weight is 300 g/mol. The van der Waals surface area contributed by atoms with Gasteiger partial charge in [-0.15, -0.1) is 0 Å².